The Hall–Kier alpha value is -1.89. The predicted molar refractivity (Wildman–Crippen MR) is 102 cm³/mol. The summed E-state index contributed by atoms with van der Waals surface area (Å²) in [4.78, 5) is 24.1. The molecular weight excluding hydrogens is 354 g/mol. The van der Waals surface area contributed by atoms with E-state index in [9.17, 15) is 9.59 Å². The van der Waals surface area contributed by atoms with E-state index in [4.69, 9.17) is 16.3 Å². The maximum atomic E-state index is 12.3. The van der Waals surface area contributed by atoms with Crippen LogP contribution in [0, 0.1) is 0 Å². The Bertz CT molecular complexity index is 880. The highest BCUT2D eigenvalue weighted by Gasteiger charge is 2.34. The zero-order valence-electron chi connectivity index (χ0n) is 15.1. The summed E-state index contributed by atoms with van der Waals surface area (Å²) in [5.74, 6) is 0. The van der Waals surface area contributed by atoms with Crippen LogP contribution in [-0.4, -0.2) is 28.9 Å². The molecule has 0 spiro atoms. The number of hydrogen-bond donors (Lipinski definition) is 1. The number of nitrogens with zero attached hydrogens (tertiary/aromatic N) is 2. The first-order valence-electron chi connectivity index (χ1n) is 8.73. The number of aryl methyl sites for hydroxylation is 1. The Morgan fingerprint density at radius 3 is 2.46 bits per heavy atom. The van der Waals surface area contributed by atoms with E-state index >= 15 is 0 Å². The van der Waals surface area contributed by atoms with Gasteiger partial charge >= 0.3 is 5.69 Å². The fraction of sp³-hybridized carbons (Fsp3) is 0.474. The molecule has 140 valence electrons. The summed E-state index contributed by atoms with van der Waals surface area (Å²) in [6.45, 7) is 2.57. The van der Waals surface area contributed by atoms with Crippen LogP contribution >= 0.6 is 11.6 Å². The van der Waals surface area contributed by atoms with Crippen LogP contribution in [0.15, 0.2) is 40.1 Å². The standard InChI is InChI=1S/C19H24ClN3O3/c1-22-12-14(17(24)23(2)18(22)25)11-21-13-19(7-9-26-10-8-19)15-3-5-16(20)6-4-15/h3-6,12,21H,7-11,13H2,1-2H3. The van der Waals surface area contributed by atoms with Crippen molar-refractivity contribution in [2.45, 2.75) is 24.8 Å². The first kappa shape index (κ1) is 18.9. The van der Waals surface area contributed by atoms with Gasteiger partial charge in [0.25, 0.3) is 5.56 Å². The fourth-order valence-corrected chi connectivity index (χ4v) is 3.70. The van der Waals surface area contributed by atoms with Gasteiger partial charge in [0, 0.05) is 62.6 Å². The van der Waals surface area contributed by atoms with Gasteiger partial charge in [0.1, 0.15) is 0 Å². The van der Waals surface area contributed by atoms with Crippen LogP contribution in [0.5, 0.6) is 0 Å². The molecule has 7 heteroatoms. The Balaban J connectivity index is 1.78. The highest BCUT2D eigenvalue weighted by molar-refractivity contribution is 6.30. The van der Waals surface area contributed by atoms with E-state index in [0.717, 1.165) is 29.0 Å². The number of halogens is 1. The lowest BCUT2D eigenvalue weighted by Gasteiger charge is -2.38. The van der Waals surface area contributed by atoms with E-state index < -0.39 is 0 Å². The SMILES string of the molecule is Cn1cc(CNCC2(c3ccc(Cl)cc3)CCOCC2)c(=O)n(C)c1=O. The maximum absolute atomic E-state index is 12.3. The minimum absolute atomic E-state index is 0.0469. The van der Waals surface area contributed by atoms with E-state index in [-0.39, 0.29) is 16.7 Å². The molecule has 6 nitrogen and oxygen atoms in total. The minimum Gasteiger partial charge on any atom is -0.381 e. The molecule has 0 amide bonds. The van der Waals surface area contributed by atoms with Gasteiger partial charge in [0.15, 0.2) is 0 Å². The van der Waals surface area contributed by atoms with E-state index in [1.54, 1.807) is 13.2 Å². The van der Waals surface area contributed by atoms with E-state index in [1.807, 2.05) is 12.1 Å². The Morgan fingerprint density at radius 1 is 1.15 bits per heavy atom. The summed E-state index contributed by atoms with van der Waals surface area (Å²) < 4.78 is 8.12. The average molecular weight is 378 g/mol. The highest BCUT2D eigenvalue weighted by atomic mass is 35.5. The molecule has 0 radical (unpaired) electrons. The second-order valence-corrected chi connectivity index (χ2v) is 7.35. The number of ether oxygens (including phenoxy) is 1. The lowest BCUT2D eigenvalue weighted by Crippen LogP contribution is -2.44. The van der Waals surface area contributed by atoms with Crippen LogP contribution in [0.4, 0.5) is 0 Å². The smallest absolute Gasteiger partial charge is 0.330 e. The quantitative estimate of drug-likeness (QED) is 0.859. The second-order valence-electron chi connectivity index (χ2n) is 6.92. The number of aromatic nitrogens is 2. The van der Waals surface area contributed by atoms with Gasteiger partial charge in [-0.25, -0.2) is 4.79 Å². The third kappa shape index (κ3) is 3.77. The van der Waals surface area contributed by atoms with Gasteiger partial charge in [-0.15, -0.1) is 0 Å². The summed E-state index contributed by atoms with van der Waals surface area (Å²) in [7, 11) is 3.15. The number of rotatable bonds is 5. The van der Waals surface area contributed by atoms with Gasteiger partial charge in [-0.3, -0.25) is 9.36 Å². The number of nitrogens with one attached hydrogen (secondary N) is 1. The van der Waals surface area contributed by atoms with Gasteiger partial charge in [-0.1, -0.05) is 23.7 Å². The lowest BCUT2D eigenvalue weighted by molar-refractivity contribution is 0.0497. The summed E-state index contributed by atoms with van der Waals surface area (Å²) in [6, 6.07) is 7.97. The molecule has 3 rings (SSSR count). The van der Waals surface area contributed by atoms with E-state index in [0.29, 0.717) is 25.3 Å². The van der Waals surface area contributed by atoms with E-state index in [1.165, 1.54) is 17.2 Å². The third-order valence-corrected chi connectivity index (χ3v) is 5.45. The molecule has 1 fully saturated rings. The Morgan fingerprint density at radius 2 is 1.81 bits per heavy atom. The van der Waals surface area contributed by atoms with Crippen LogP contribution in [0.1, 0.15) is 24.0 Å². The summed E-state index contributed by atoms with van der Waals surface area (Å²) >= 11 is 6.03. The average Bonchev–Trinajstić information content (AvgIpc) is 2.65. The second kappa shape index (κ2) is 7.78. The largest absolute Gasteiger partial charge is 0.381 e. The molecule has 0 atom stereocenters. The van der Waals surface area contributed by atoms with Crippen molar-refractivity contribution in [1.82, 2.24) is 14.5 Å². The topological polar surface area (TPSA) is 65.3 Å². The molecule has 26 heavy (non-hydrogen) atoms. The van der Waals surface area contributed by atoms with Crippen molar-refractivity contribution in [2.24, 2.45) is 14.1 Å². The Labute approximate surface area is 157 Å². The molecule has 2 aromatic rings. The van der Waals surface area contributed by atoms with Crippen LogP contribution in [0.2, 0.25) is 5.02 Å². The molecule has 1 aliphatic heterocycles. The zero-order valence-corrected chi connectivity index (χ0v) is 15.9. The van der Waals surface area contributed by atoms with Crippen molar-refractivity contribution in [1.29, 1.82) is 0 Å². The molecule has 1 N–H and O–H groups in total. The third-order valence-electron chi connectivity index (χ3n) is 5.20. The van der Waals surface area contributed by atoms with Crippen molar-refractivity contribution < 1.29 is 4.74 Å². The maximum Gasteiger partial charge on any atom is 0.330 e. The molecule has 1 aliphatic rings. The molecule has 1 aromatic carbocycles. The van der Waals surface area contributed by atoms with Gasteiger partial charge in [0.05, 0.1) is 0 Å². The molecule has 2 heterocycles. The lowest BCUT2D eigenvalue weighted by atomic mass is 9.74. The normalized spacial score (nSPS) is 16.6. The molecule has 0 bridgehead atoms. The van der Waals surface area contributed by atoms with Crippen LogP contribution in [0.3, 0.4) is 0 Å². The molecular formula is C19H24ClN3O3. The first-order valence-corrected chi connectivity index (χ1v) is 9.11. The first-order chi connectivity index (χ1) is 12.4. The van der Waals surface area contributed by atoms with E-state index in [2.05, 4.69) is 17.4 Å². The molecule has 0 aliphatic carbocycles. The fourth-order valence-electron chi connectivity index (χ4n) is 3.57. The summed E-state index contributed by atoms with van der Waals surface area (Å²) in [6.07, 6.45) is 3.43. The van der Waals surface area contributed by atoms with Crippen molar-refractivity contribution in [3.8, 4) is 0 Å². The van der Waals surface area contributed by atoms with Crippen molar-refractivity contribution >= 4 is 11.6 Å². The monoisotopic (exact) mass is 377 g/mol. The molecule has 0 unspecified atom stereocenters. The predicted octanol–water partition coefficient (Wildman–Crippen LogP) is 1.58. The summed E-state index contributed by atoms with van der Waals surface area (Å²) in [5, 5.41) is 4.14. The van der Waals surface area contributed by atoms with Crippen molar-refractivity contribution in [2.75, 3.05) is 19.8 Å². The van der Waals surface area contributed by atoms with Gasteiger partial charge in [-0.2, -0.15) is 0 Å². The molecule has 1 aromatic heterocycles. The number of hydrogen-bond acceptors (Lipinski definition) is 4. The molecule has 1 saturated heterocycles. The Kier molecular flexibility index (Phi) is 5.65. The van der Waals surface area contributed by atoms with Gasteiger partial charge in [0.2, 0.25) is 0 Å². The van der Waals surface area contributed by atoms with Gasteiger partial charge < -0.3 is 14.6 Å². The van der Waals surface area contributed by atoms with Gasteiger partial charge in [-0.05, 0) is 30.5 Å². The van der Waals surface area contributed by atoms with Crippen molar-refractivity contribution in [3.63, 3.8) is 0 Å². The van der Waals surface area contributed by atoms with Crippen molar-refractivity contribution in [3.05, 3.63) is 67.4 Å². The number of benzene rings is 1. The van der Waals surface area contributed by atoms with Crippen LogP contribution < -0.4 is 16.6 Å². The molecule has 0 saturated carbocycles. The van der Waals surface area contributed by atoms with Crippen LogP contribution in [-0.2, 0) is 30.8 Å². The zero-order chi connectivity index (χ0) is 18.7. The minimum atomic E-state index is -0.319. The summed E-state index contributed by atoms with van der Waals surface area (Å²) in [5.41, 5.74) is 1.18. The van der Waals surface area contributed by atoms with Crippen LogP contribution in [0.25, 0.3) is 0 Å². The highest BCUT2D eigenvalue weighted by Crippen LogP contribution is 2.34.